The van der Waals surface area contributed by atoms with Crippen LogP contribution in [0.15, 0.2) is 24.3 Å². The minimum absolute atomic E-state index is 0.0261. The standard InChI is InChI=1S/C28H44N4O5/c1-18(2)16-21(26(35)32-15-11-13-22(32)27(36)31(8)19(3)4)29-25(34)20-12-9-10-14-23(20)37-17-24(33)30-28(5,6)7/h9-10,12,14,18-19,21-22H,11,13,15-17H2,1-8H3,(H,29,34)(H,30,33)/t21-,22-/m1/s1. The van der Waals surface area contributed by atoms with Crippen LogP contribution in [0, 0.1) is 5.92 Å². The summed E-state index contributed by atoms with van der Waals surface area (Å²) < 4.78 is 5.67. The van der Waals surface area contributed by atoms with E-state index < -0.39 is 23.5 Å². The van der Waals surface area contributed by atoms with E-state index in [1.54, 1.807) is 41.1 Å². The van der Waals surface area contributed by atoms with E-state index in [1.165, 1.54) is 0 Å². The normalized spacial score (nSPS) is 16.5. The highest BCUT2D eigenvalue weighted by atomic mass is 16.5. The van der Waals surface area contributed by atoms with Gasteiger partial charge in [0.1, 0.15) is 17.8 Å². The molecule has 1 saturated heterocycles. The topological polar surface area (TPSA) is 108 Å². The number of likely N-dealkylation sites (N-methyl/N-ethyl adjacent to an activating group) is 1. The highest BCUT2D eigenvalue weighted by molar-refractivity contribution is 6.00. The van der Waals surface area contributed by atoms with Crippen LogP contribution in [-0.2, 0) is 14.4 Å². The van der Waals surface area contributed by atoms with Crippen molar-refractivity contribution in [2.24, 2.45) is 5.92 Å². The van der Waals surface area contributed by atoms with Crippen molar-refractivity contribution in [2.45, 2.75) is 91.4 Å². The van der Waals surface area contributed by atoms with Crippen molar-refractivity contribution in [2.75, 3.05) is 20.2 Å². The van der Waals surface area contributed by atoms with Gasteiger partial charge in [-0.15, -0.1) is 0 Å². The molecule has 0 aliphatic carbocycles. The van der Waals surface area contributed by atoms with Gasteiger partial charge in [-0.3, -0.25) is 19.2 Å². The van der Waals surface area contributed by atoms with Crippen molar-refractivity contribution < 1.29 is 23.9 Å². The number of hydrogen-bond donors (Lipinski definition) is 2. The number of carbonyl (C=O) groups is 4. The van der Waals surface area contributed by atoms with Gasteiger partial charge in [0, 0.05) is 25.2 Å². The van der Waals surface area contributed by atoms with E-state index in [2.05, 4.69) is 10.6 Å². The van der Waals surface area contributed by atoms with E-state index in [0.717, 1.165) is 6.42 Å². The van der Waals surface area contributed by atoms with Gasteiger partial charge in [0.2, 0.25) is 11.8 Å². The molecule has 1 aromatic carbocycles. The second-order valence-corrected chi connectivity index (χ2v) is 11.5. The fraction of sp³-hybridized carbons (Fsp3) is 0.643. The molecule has 0 spiro atoms. The summed E-state index contributed by atoms with van der Waals surface area (Å²) >= 11 is 0. The third-order valence-corrected chi connectivity index (χ3v) is 6.26. The summed E-state index contributed by atoms with van der Waals surface area (Å²) in [5.74, 6) is -0.704. The van der Waals surface area contributed by atoms with Gasteiger partial charge in [0.15, 0.2) is 6.61 Å². The van der Waals surface area contributed by atoms with Crippen LogP contribution >= 0.6 is 0 Å². The predicted molar refractivity (Wildman–Crippen MR) is 143 cm³/mol. The molecule has 0 bridgehead atoms. The van der Waals surface area contributed by atoms with Gasteiger partial charge in [-0.1, -0.05) is 26.0 Å². The predicted octanol–water partition coefficient (Wildman–Crippen LogP) is 2.98. The minimum atomic E-state index is -0.789. The first-order valence-electron chi connectivity index (χ1n) is 13.1. The first kappa shape index (κ1) is 30.1. The Labute approximate surface area is 221 Å². The number of hydrogen-bond acceptors (Lipinski definition) is 5. The third kappa shape index (κ3) is 8.76. The van der Waals surface area contributed by atoms with Crippen molar-refractivity contribution >= 4 is 23.6 Å². The number of nitrogens with one attached hydrogen (secondary N) is 2. The molecule has 1 aliphatic rings. The van der Waals surface area contributed by atoms with Crippen LogP contribution in [0.3, 0.4) is 0 Å². The number of amides is 4. The lowest BCUT2D eigenvalue weighted by molar-refractivity contribution is -0.145. The van der Waals surface area contributed by atoms with E-state index in [0.29, 0.717) is 19.4 Å². The van der Waals surface area contributed by atoms with Crippen molar-refractivity contribution in [1.29, 1.82) is 0 Å². The smallest absolute Gasteiger partial charge is 0.258 e. The van der Waals surface area contributed by atoms with Crippen LogP contribution in [-0.4, -0.2) is 77.3 Å². The highest BCUT2D eigenvalue weighted by Gasteiger charge is 2.39. The number of likely N-dealkylation sites (tertiary alicyclic amines) is 1. The number of benzene rings is 1. The molecule has 206 valence electrons. The molecule has 1 aromatic rings. The summed E-state index contributed by atoms with van der Waals surface area (Å²) in [5.41, 5.74) is -0.165. The number of carbonyl (C=O) groups excluding carboxylic acids is 4. The van der Waals surface area contributed by atoms with E-state index in [9.17, 15) is 19.2 Å². The molecule has 4 amide bonds. The van der Waals surface area contributed by atoms with E-state index in [4.69, 9.17) is 4.74 Å². The molecule has 37 heavy (non-hydrogen) atoms. The zero-order valence-electron chi connectivity index (χ0n) is 23.6. The molecule has 9 nitrogen and oxygen atoms in total. The molecule has 0 aromatic heterocycles. The molecular formula is C28H44N4O5. The lowest BCUT2D eigenvalue weighted by Gasteiger charge is -2.33. The average molecular weight is 517 g/mol. The molecule has 2 atom stereocenters. The monoisotopic (exact) mass is 516 g/mol. The fourth-order valence-corrected chi connectivity index (χ4v) is 4.28. The molecule has 0 saturated carbocycles. The number of ether oxygens (including phenoxy) is 1. The summed E-state index contributed by atoms with van der Waals surface area (Å²) in [6.45, 7) is 13.7. The molecule has 1 aliphatic heterocycles. The van der Waals surface area contributed by atoms with Crippen LogP contribution in [0.2, 0.25) is 0 Å². The Hall–Kier alpha value is -3.10. The maximum Gasteiger partial charge on any atom is 0.258 e. The lowest BCUT2D eigenvalue weighted by Crippen LogP contribution is -2.54. The fourth-order valence-electron chi connectivity index (χ4n) is 4.28. The lowest BCUT2D eigenvalue weighted by atomic mass is 10.0. The van der Waals surface area contributed by atoms with Crippen LogP contribution in [0.1, 0.15) is 78.1 Å². The van der Waals surface area contributed by atoms with Gasteiger partial charge in [0.25, 0.3) is 11.8 Å². The van der Waals surface area contributed by atoms with Gasteiger partial charge in [-0.2, -0.15) is 0 Å². The maximum absolute atomic E-state index is 13.6. The molecule has 1 heterocycles. The molecule has 9 heteroatoms. The van der Waals surface area contributed by atoms with Crippen molar-refractivity contribution in [3.63, 3.8) is 0 Å². The first-order valence-corrected chi connectivity index (χ1v) is 13.1. The van der Waals surface area contributed by atoms with Crippen LogP contribution < -0.4 is 15.4 Å². The Morgan fingerprint density at radius 1 is 1.11 bits per heavy atom. The molecule has 2 rings (SSSR count). The van der Waals surface area contributed by atoms with E-state index in [1.807, 2.05) is 48.5 Å². The second-order valence-electron chi connectivity index (χ2n) is 11.5. The second kappa shape index (κ2) is 12.9. The molecule has 0 radical (unpaired) electrons. The Morgan fingerprint density at radius 2 is 1.76 bits per heavy atom. The number of nitrogens with zero attached hydrogens (tertiary/aromatic N) is 2. The van der Waals surface area contributed by atoms with Gasteiger partial charge < -0.3 is 25.2 Å². The molecule has 1 fully saturated rings. The summed E-state index contributed by atoms with van der Waals surface area (Å²) in [5, 5.41) is 5.70. The van der Waals surface area contributed by atoms with Crippen molar-refractivity contribution in [3.05, 3.63) is 29.8 Å². The Morgan fingerprint density at radius 3 is 2.35 bits per heavy atom. The molecule has 0 unspecified atom stereocenters. The Bertz CT molecular complexity index is 970. The van der Waals surface area contributed by atoms with Crippen molar-refractivity contribution in [3.8, 4) is 5.75 Å². The SMILES string of the molecule is CC(C)C[C@@H](NC(=O)c1ccccc1OCC(=O)NC(C)(C)C)C(=O)N1CCC[C@@H]1C(=O)N(C)C(C)C. The largest absolute Gasteiger partial charge is 0.483 e. The van der Waals surface area contributed by atoms with Crippen LogP contribution in [0.5, 0.6) is 5.75 Å². The van der Waals surface area contributed by atoms with E-state index >= 15 is 0 Å². The first-order chi connectivity index (χ1) is 17.2. The third-order valence-electron chi connectivity index (χ3n) is 6.26. The van der Waals surface area contributed by atoms with E-state index in [-0.39, 0.29) is 47.6 Å². The summed E-state index contributed by atoms with van der Waals surface area (Å²) in [4.78, 5) is 55.5. The number of rotatable bonds is 10. The number of para-hydroxylation sites is 1. The zero-order valence-corrected chi connectivity index (χ0v) is 23.6. The summed E-state index contributed by atoms with van der Waals surface area (Å²) in [6, 6.07) is 5.35. The highest BCUT2D eigenvalue weighted by Crippen LogP contribution is 2.23. The summed E-state index contributed by atoms with van der Waals surface area (Å²) in [6.07, 6.45) is 1.78. The Balaban J connectivity index is 2.19. The maximum atomic E-state index is 13.6. The van der Waals surface area contributed by atoms with Crippen LogP contribution in [0.25, 0.3) is 0 Å². The summed E-state index contributed by atoms with van der Waals surface area (Å²) in [7, 11) is 1.75. The molecule has 2 N–H and O–H groups in total. The average Bonchev–Trinajstić information content (AvgIpc) is 3.29. The van der Waals surface area contributed by atoms with Gasteiger partial charge in [-0.25, -0.2) is 0 Å². The van der Waals surface area contributed by atoms with Crippen LogP contribution in [0.4, 0.5) is 0 Å². The quantitative estimate of drug-likeness (QED) is 0.497. The van der Waals surface area contributed by atoms with Gasteiger partial charge in [-0.05, 0) is 71.9 Å². The van der Waals surface area contributed by atoms with Gasteiger partial charge in [0.05, 0.1) is 5.56 Å². The minimum Gasteiger partial charge on any atom is -0.483 e. The zero-order chi connectivity index (χ0) is 27.9. The van der Waals surface area contributed by atoms with Crippen molar-refractivity contribution in [1.82, 2.24) is 20.4 Å². The Kier molecular flexibility index (Phi) is 10.5. The molecular weight excluding hydrogens is 472 g/mol. The van der Waals surface area contributed by atoms with Gasteiger partial charge >= 0.3 is 0 Å².